The van der Waals surface area contributed by atoms with Gasteiger partial charge in [-0.2, -0.15) is 0 Å². The number of cyclic esters (lactones) is 1. The molecule has 20 heteroatoms. The second-order valence-corrected chi connectivity index (χ2v) is 24.2. The molecular weight excluding hydrogens is 1040 g/mol. The van der Waals surface area contributed by atoms with Crippen molar-refractivity contribution in [3.63, 3.8) is 0 Å². The van der Waals surface area contributed by atoms with Crippen molar-refractivity contribution in [3.05, 3.63) is 65.3 Å². The Morgan fingerprint density at radius 3 is 2.26 bits per heavy atom. The highest BCUT2D eigenvalue weighted by Crippen LogP contribution is 2.46. The largest absolute Gasteiger partial charge is 0.508 e. The molecule has 454 valence electrons. The van der Waals surface area contributed by atoms with Crippen LogP contribution in [0, 0.1) is 54.3 Å². The molecule has 2 bridgehead atoms. The van der Waals surface area contributed by atoms with Crippen LogP contribution in [0.25, 0.3) is 0 Å². The third-order valence-electron chi connectivity index (χ3n) is 17.7. The van der Waals surface area contributed by atoms with Gasteiger partial charge < -0.3 is 66.0 Å². The van der Waals surface area contributed by atoms with Crippen molar-refractivity contribution in [2.45, 2.75) is 219 Å². The summed E-state index contributed by atoms with van der Waals surface area (Å²) in [6, 6.07) is 1.30. The van der Waals surface area contributed by atoms with Gasteiger partial charge in [-0.05, 0) is 100 Å². The summed E-state index contributed by atoms with van der Waals surface area (Å²) in [4.78, 5) is 82.5. The number of aromatic hydroxyl groups is 1. The molecule has 4 heterocycles. The molecule has 1 aromatic rings. The van der Waals surface area contributed by atoms with Gasteiger partial charge in [-0.25, -0.2) is 5.43 Å². The van der Waals surface area contributed by atoms with Crippen LogP contribution in [0.5, 0.6) is 5.75 Å². The predicted molar refractivity (Wildman–Crippen MR) is 303 cm³/mol. The van der Waals surface area contributed by atoms with E-state index in [1.807, 2.05) is 34.6 Å². The minimum Gasteiger partial charge on any atom is -0.508 e. The van der Waals surface area contributed by atoms with E-state index in [1.54, 1.807) is 58.9 Å². The number of hydrazine groups is 1. The number of aryl methyl sites for hydroxylation is 1. The Labute approximate surface area is 478 Å². The molecule has 3 fully saturated rings. The van der Waals surface area contributed by atoms with Crippen molar-refractivity contribution >= 4 is 35.4 Å². The van der Waals surface area contributed by atoms with Crippen LogP contribution in [-0.4, -0.2) is 155 Å². The summed E-state index contributed by atoms with van der Waals surface area (Å²) >= 11 is 0. The number of nitrogens with zero attached hydrogens (tertiary/aromatic N) is 1. The maximum absolute atomic E-state index is 14.6. The molecule has 3 saturated heterocycles. The normalized spacial score (nSPS) is 34.0. The molecule has 20 nitrogen and oxygen atoms in total. The zero-order valence-electron chi connectivity index (χ0n) is 49.4. The maximum Gasteiger partial charge on any atom is 0.325 e. The molecule has 5 rings (SSSR count). The molecule has 1 spiro atoms. The summed E-state index contributed by atoms with van der Waals surface area (Å²) in [5.41, 5.74) is 3.38. The molecule has 0 aromatic heterocycles. The third kappa shape index (κ3) is 17.3. The van der Waals surface area contributed by atoms with Crippen LogP contribution in [0.1, 0.15) is 145 Å². The lowest BCUT2D eigenvalue weighted by atomic mass is 9.69. The van der Waals surface area contributed by atoms with Gasteiger partial charge in [0.05, 0.1) is 48.6 Å². The summed E-state index contributed by atoms with van der Waals surface area (Å²) in [5, 5.41) is 89.1. The van der Waals surface area contributed by atoms with Crippen LogP contribution < -0.4 is 21.4 Å². The monoisotopic (exact) mass is 1140 g/mol. The molecule has 4 amide bonds. The molecule has 1 aromatic carbocycles. The Morgan fingerprint density at radius 1 is 0.901 bits per heavy atom. The Kier molecular flexibility index (Phi) is 24.7. The quantitative estimate of drug-likeness (QED) is 0.0827. The maximum atomic E-state index is 14.6. The van der Waals surface area contributed by atoms with Crippen LogP contribution in [0.4, 0.5) is 0 Å². The average molecular weight is 1140 g/mol. The van der Waals surface area contributed by atoms with Crippen molar-refractivity contribution < 1.29 is 74.0 Å². The first-order valence-corrected chi connectivity index (χ1v) is 29.4. The number of rotatable bonds is 16. The summed E-state index contributed by atoms with van der Waals surface area (Å²) in [6.07, 6.45) is 1.03. The van der Waals surface area contributed by atoms with Gasteiger partial charge in [-0.1, -0.05) is 97.9 Å². The molecule has 81 heavy (non-hydrogen) atoms. The third-order valence-corrected chi connectivity index (χ3v) is 17.7. The van der Waals surface area contributed by atoms with Crippen LogP contribution >= 0.6 is 0 Å². The number of amides is 4. The zero-order valence-corrected chi connectivity index (χ0v) is 49.4. The van der Waals surface area contributed by atoms with E-state index in [-0.39, 0.29) is 98.5 Å². The number of fused-ring (bicyclic) bond motifs is 2. The fourth-order valence-electron chi connectivity index (χ4n) is 11.7. The highest BCUT2D eigenvalue weighted by atomic mass is 16.5. The van der Waals surface area contributed by atoms with Gasteiger partial charge >= 0.3 is 5.97 Å². The number of esters is 1. The number of carbonyl (C=O) groups is 6. The lowest BCUT2D eigenvalue weighted by Gasteiger charge is -2.56. The van der Waals surface area contributed by atoms with Crippen molar-refractivity contribution in [1.29, 1.82) is 0 Å². The van der Waals surface area contributed by atoms with Gasteiger partial charge in [0.1, 0.15) is 41.5 Å². The number of ketones is 1. The smallest absolute Gasteiger partial charge is 0.325 e. The van der Waals surface area contributed by atoms with Crippen molar-refractivity contribution in [3.8, 4) is 5.75 Å². The fourth-order valence-corrected chi connectivity index (χ4v) is 11.7. The summed E-state index contributed by atoms with van der Waals surface area (Å²) < 4.78 is 12.8. The van der Waals surface area contributed by atoms with E-state index in [0.29, 0.717) is 42.4 Å². The first kappa shape index (κ1) is 66.7. The van der Waals surface area contributed by atoms with E-state index in [2.05, 4.69) is 21.4 Å². The molecular formula is C61H95N5O15. The molecule has 0 radical (unpaired) electrons. The molecule has 4 aliphatic rings. The van der Waals surface area contributed by atoms with E-state index in [1.165, 1.54) is 36.2 Å². The van der Waals surface area contributed by atoms with Gasteiger partial charge in [0.2, 0.25) is 17.7 Å². The van der Waals surface area contributed by atoms with Gasteiger partial charge in [-0.3, -0.25) is 29.0 Å². The number of aliphatic hydroxyl groups excluding tert-OH is 6. The second-order valence-electron chi connectivity index (χ2n) is 24.2. The standard InChI is InChI=1S/C61H95N5O15/c1-12-42-28-36(7)61(64-56(42)75)40(11)54(73)39(10)52(81-61)31-49(71)34(5)21-25-47(69)50(72)27-35(6)51-19-15-13-14-18-46(68)38(9)55(74)43(24-22-37(8)67)57(76)63-53(32(2)3)58(77)62-45(29-41-23-20-33(4)48(70)30-41)59(78)66-26-16-17-44(65-66)60(79)80-51/h13-15,18,20,23,27,30,32,34,36,38-40,42-47,49-55,65,68-74H,12,16-17,19,21-22,24-26,28-29,31H2,1-11H3,(H,62,77)(H,63,76)(H,64,75)/t34-,36-,38-,39-,40-,42-,43+,44?,45-,46-,47?,49-,50?,51-,52-,53-,54-,55+,61+/m0/s1. The van der Waals surface area contributed by atoms with Gasteiger partial charge in [0.15, 0.2) is 0 Å². The lowest BCUT2D eigenvalue weighted by molar-refractivity contribution is -0.267. The number of aliphatic hydroxyl groups is 6. The van der Waals surface area contributed by atoms with Gasteiger partial charge in [0.25, 0.3) is 5.91 Å². The van der Waals surface area contributed by atoms with E-state index in [4.69, 9.17) is 9.47 Å². The first-order chi connectivity index (χ1) is 38.1. The Hall–Kier alpha value is -5.06. The molecule has 3 unspecified atom stereocenters. The van der Waals surface area contributed by atoms with E-state index in [9.17, 15) is 64.5 Å². The average Bonchev–Trinajstić information content (AvgIpc) is 3.43. The van der Waals surface area contributed by atoms with Crippen LogP contribution in [0.2, 0.25) is 0 Å². The SMILES string of the molecule is CC[C@H]1C[C@H](C)[C@@]2(NC1=O)O[C@@H](C[C@H](O)[C@@H](C)CCC(O)C(O)C=C(C)[C@@H]1CC=CC=C[C@H](O)[C@H](C)[C@@H](O)[C@@H](CCC(C)=O)C(=O)N[C@@H](C(C)C)C(=O)N[C@@H](Cc3ccc(C)c(O)c3)C(=O)N3CCCC(N3)C(=O)O1)[C@H](C)[C@H](O)[C@@H]2C. The van der Waals surface area contributed by atoms with E-state index < -0.39 is 114 Å². The number of phenols is 1. The van der Waals surface area contributed by atoms with Crippen molar-refractivity contribution in [2.24, 2.45) is 47.3 Å². The molecule has 0 aliphatic carbocycles. The zero-order chi connectivity index (χ0) is 60.2. The predicted octanol–water partition coefficient (Wildman–Crippen LogP) is 3.88. The number of phenolic OH excluding ortho intramolecular Hbond substituents is 1. The number of nitrogens with one attached hydrogen (secondary N) is 4. The number of Topliss-reactive ketones (excluding diaryl/α,β-unsaturated/α-hetero) is 1. The van der Waals surface area contributed by atoms with Crippen molar-refractivity contribution in [2.75, 3.05) is 6.54 Å². The molecule has 4 aliphatic heterocycles. The number of benzene rings is 1. The number of allylic oxidation sites excluding steroid dienone is 2. The Morgan fingerprint density at radius 2 is 1.60 bits per heavy atom. The van der Waals surface area contributed by atoms with E-state index in [0.717, 1.165) is 0 Å². The molecule has 19 atom stereocenters. The highest BCUT2D eigenvalue weighted by molar-refractivity contribution is 5.93. The van der Waals surface area contributed by atoms with Gasteiger partial charge in [0, 0.05) is 61.8 Å². The van der Waals surface area contributed by atoms with Crippen LogP contribution in [-0.2, 0) is 44.7 Å². The number of hydrogen-bond donors (Lipinski definition) is 11. The van der Waals surface area contributed by atoms with Crippen molar-refractivity contribution in [1.82, 2.24) is 26.4 Å². The topological polar surface area (TPSA) is 314 Å². The summed E-state index contributed by atoms with van der Waals surface area (Å²) in [5.74, 6) is -7.23. The minimum atomic E-state index is -1.48. The van der Waals surface area contributed by atoms with Crippen LogP contribution in [0.15, 0.2) is 54.2 Å². The number of hydrogen-bond acceptors (Lipinski definition) is 16. The number of piperidine rings is 1. The Balaban J connectivity index is 1.37. The fraction of sp³-hybridized carbons (Fsp3) is 0.705. The molecule has 0 saturated carbocycles. The number of carbonyl (C=O) groups excluding carboxylic acids is 6. The summed E-state index contributed by atoms with van der Waals surface area (Å²) in [6.45, 7) is 19.3. The van der Waals surface area contributed by atoms with Gasteiger partial charge in [-0.15, -0.1) is 0 Å². The molecule has 11 N–H and O–H groups in total. The summed E-state index contributed by atoms with van der Waals surface area (Å²) in [7, 11) is 0. The second kappa shape index (κ2) is 30.0. The highest BCUT2D eigenvalue weighted by Gasteiger charge is 2.57. The Bertz CT molecular complexity index is 2410. The van der Waals surface area contributed by atoms with E-state index >= 15 is 0 Å². The minimum absolute atomic E-state index is 0.0267. The van der Waals surface area contributed by atoms with Crippen LogP contribution in [0.3, 0.4) is 0 Å². The lowest BCUT2D eigenvalue weighted by Crippen LogP contribution is -2.71. The first-order valence-electron chi connectivity index (χ1n) is 29.4. The number of ether oxygens (including phenoxy) is 2.